The fourth-order valence-electron chi connectivity index (χ4n) is 1.21. The van der Waals surface area contributed by atoms with Crippen LogP contribution in [0.5, 0.6) is 0 Å². The number of hydrogen-bond donors (Lipinski definition) is 2. The molecule has 3 nitrogen and oxygen atoms in total. The molecule has 0 aliphatic heterocycles. The van der Waals surface area contributed by atoms with Gasteiger partial charge in [0.25, 0.3) is 0 Å². The van der Waals surface area contributed by atoms with E-state index >= 15 is 0 Å². The van der Waals surface area contributed by atoms with Crippen molar-refractivity contribution in [3.05, 3.63) is 29.0 Å². The Hall–Kier alpha value is -0.640. The minimum Gasteiger partial charge on any atom is -0.389 e. The minimum atomic E-state index is -0.703. The summed E-state index contributed by atoms with van der Waals surface area (Å²) >= 11 is 5.79. The van der Waals surface area contributed by atoms with E-state index in [-0.39, 0.29) is 6.04 Å². The van der Waals surface area contributed by atoms with Crippen molar-refractivity contribution in [2.45, 2.75) is 32.4 Å². The molecule has 1 aromatic rings. The summed E-state index contributed by atoms with van der Waals surface area (Å²) in [5, 5.41) is 13.3. The van der Waals surface area contributed by atoms with Crippen LogP contribution >= 0.6 is 11.6 Å². The van der Waals surface area contributed by atoms with E-state index in [0.29, 0.717) is 11.7 Å². The fraction of sp³-hybridized carbons (Fsp3) is 0.545. The van der Waals surface area contributed by atoms with Gasteiger partial charge in [0.15, 0.2) is 0 Å². The predicted molar refractivity (Wildman–Crippen MR) is 62.0 cm³/mol. The molecule has 0 spiro atoms. The first-order chi connectivity index (χ1) is 6.88. The molecule has 0 radical (unpaired) electrons. The summed E-state index contributed by atoms with van der Waals surface area (Å²) in [6.45, 7) is 6.10. The average Bonchev–Trinajstić information content (AvgIpc) is 2.13. The van der Waals surface area contributed by atoms with Crippen molar-refractivity contribution >= 4 is 11.6 Å². The Morgan fingerprint density at radius 2 is 2.27 bits per heavy atom. The van der Waals surface area contributed by atoms with E-state index in [4.69, 9.17) is 11.6 Å². The minimum absolute atomic E-state index is 0.150. The van der Waals surface area contributed by atoms with Gasteiger partial charge in [-0.15, -0.1) is 0 Å². The lowest BCUT2D eigenvalue weighted by Gasteiger charge is -2.21. The van der Waals surface area contributed by atoms with Gasteiger partial charge in [-0.25, -0.2) is 4.98 Å². The summed E-state index contributed by atoms with van der Waals surface area (Å²) < 4.78 is 0. The van der Waals surface area contributed by atoms with Crippen molar-refractivity contribution in [1.82, 2.24) is 10.3 Å². The second-order valence-electron chi connectivity index (χ2n) is 4.33. The Morgan fingerprint density at radius 3 is 2.80 bits per heavy atom. The molecule has 0 amide bonds. The largest absolute Gasteiger partial charge is 0.389 e. The SMILES string of the molecule is CC(NCC(C)(C)O)c1ccnc(Cl)c1. The second kappa shape index (κ2) is 4.92. The summed E-state index contributed by atoms with van der Waals surface area (Å²) in [7, 11) is 0. The summed E-state index contributed by atoms with van der Waals surface area (Å²) in [4.78, 5) is 3.92. The topological polar surface area (TPSA) is 45.1 Å². The first kappa shape index (κ1) is 12.4. The standard InChI is InChI=1S/C11H17ClN2O/c1-8(14-7-11(2,3)15)9-4-5-13-10(12)6-9/h4-6,8,14-15H,7H2,1-3H3. The van der Waals surface area contributed by atoms with Gasteiger partial charge in [-0.2, -0.15) is 0 Å². The molecule has 1 rings (SSSR count). The van der Waals surface area contributed by atoms with Crippen LogP contribution in [0.4, 0.5) is 0 Å². The molecule has 1 heterocycles. The maximum atomic E-state index is 9.57. The van der Waals surface area contributed by atoms with Crippen molar-refractivity contribution in [2.75, 3.05) is 6.54 Å². The summed E-state index contributed by atoms with van der Waals surface area (Å²) in [5.41, 5.74) is 0.365. The number of halogens is 1. The third-order valence-corrected chi connectivity index (χ3v) is 2.30. The number of hydrogen-bond acceptors (Lipinski definition) is 3. The first-order valence-corrected chi connectivity index (χ1v) is 5.33. The maximum Gasteiger partial charge on any atom is 0.129 e. The van der Waals surface area contributed by atoms with E-state index in [2.05, 4.69) is 10.3 Å². The Balaban J connectivity index is 2.58. The van der Waals surface area contributed by atoms with Gasteiger partial charge >= 0.3 is 0 Å². The van der Waals surface area contributed by atoms with Crippen molar-refractivity contribution in [2.24, 2.45) is 0 Å². The molecule has 0 saturated carbocycles. The van der Waals surface area contributed by atoms with E-state index in [1.54, 1.807) is 20.0 Å². The third-order valence-electron chi connectivity index (χ3n) is 2.09. The van der Waals surface area contributed by atoms with Gasteiger partial charge in [0, 0.05) is 18.8 Å². The third kappa shape index (κ3) is 4.60. The van der Waals surface area contributed by atoms with Crippen LogP contribution < -0.4 is 5.32 Å². The molecule has 0 aliphatic carbocycles. The Labute approximate surface area is 95.5 Å². The molecule has 0 aromatic carbocycles. The van der Waals surface area contributed by atoms with Crippen LogP contribution in [0.1, 0.15) is 32.4 Å². The number of aromatic nitrogens is 1. The number of aliphatic hydroxyl groups is 1. The summed E-state index contributed by atoms with van der Waals surface area (Å²) in [6.07, 6.45) is 1.68. The lowest BCUT2D eigenvalue weighted by Crippen LogP contribution is -2.36. The molecule has 15 heavy (non-hydrogen) atoms. The predicted octanol–water partition coefficient (Wildman–Crippen LogP) is 2.16. The summed E-state index contributed by atoms with van der Waals surface area (Å²) in [6, 6.07) is 3.88. The van der Waals surface area contributed by atoms with E-state index < -0.39 is 5.60 Å². The van der Waals surface area contributed by atoms with Gasteiger partial charge in [0.05, 0.1) is 5.60 Å². The van der Waals surface area contributed by atoms with E-state index in [9.17, 15) is 5.11 Å². The van der Waals surface area contributed by atoms with Crippen molar-refractivity contribution in [3.63, 3.8) is 0 Å². The van der Waals surface area contributed by atoms with Crippen LogP contribution in [0.3, 0.4) is 0 Å². The van der Waals surface area contributed by atoms with Gasteiger partial charge in [0.1, 0.15) is 5.15 Å². The molecular weight excluding hydrogens is 212 g/mol. The number of nitrogens with one attached hydrogen (secondary N) is 1. The highest BCUT2D eigenvalue weighted by Crippen LogP contribution is 2.15. The molecule has 2 N–H and O–H groups in total. The number of pyridine rings is 1. The van der Waals surface area contributed by atoms with E-state index in [1.807, 2.05) is 19.1 Å². The Bertz CT molecular complexity index is 323. The maximum absolute atomic E-state index is 9.57. The molecule has 1 atom stereocenters. The van der Waals surface area contributed by atoms with Gasteiger partial charge in [-0.05, 0) is 38.5 Å². The van der Waals surface area contributed by atoms with Crippen LogP contribution in [0, 0.1) is 0 Å². The lowest BCUT2D eigenvalue weighted by molar-refractivity contribution is 0.0770. The van der Waals surface area contributed by atoms with Crippen LogP contribution in [0.2, 0.25) is 5.15 Å². The first-order valence-electron chi connectivity index (χ1n) is 4.96. The molecule has 1 aromatic heterocycles. The summed E-state index contributed by atoms with van der Waals surface area (Å²) in [5.74, 6) is 0. The Morgan fingerprint density at radius 1 is 1.60 bits per heavy atom. The smallest absolute Gasteiger partial charge is 0.129 e. The molecule has 0 fully saturated rings. The molecule has 0 bridgehead atoms. The zero-order chi connectivity index (χ0) is 11.5. The van der Waals surface area contributed by atoms with E-state index in [0.717, 1.165) is 5.56 Å². The van der Waals surface area contributed by atoms with Gasteiger partial charge in [-0.1, -0.05) is 11.6 Å². The average molecular weight is 229 g/mol. The van der Waals surface area contributed by atoms with Crippen molar-refractivity contribution in [1.29, 1.82) is 0 Å². The second-order valence-corrected chi connectivity index (χ2v) is 4.71. The van der Waals surface area contributed by atoms with Gasteiger partial charge in [0.2, 0.25) is 0 Å². The zero-order valence-corrected chi connectivity index (χ0v) is 10.0. The fourth-order valence-corrected chi connectivity index (χ4v) is 1.39. The monoisotopic (exact) mass is 228 g/mol. The number of nitrogens with zero attached hydrogens (tertiary/aromatic N) is 1. The van der Waals surface area contributed by atoms with Crippen LogP contribution in [-0.2, 0) is 0 Å². The van der Waals surface area contributed by atoms with Gasteiger partial charge < -0.3 is 10.4 Å². The lowest BCUT2D eigenvalue weighted by atomic mass is 10.1. The van der Waals surface area contributed by atoms with E-state index in [1.165, 1.54) is 0 Å². The highest BCUT2D eigenvalue weighted by Gasteiger charge is 2.14. The molecule has 0 saturated heterocycles. The van der Waals surface area contributed by atoms with Crippen LogP contribution in [-0.4, -0.2) is 22.2 Å². The molecular formula is C11H17ClN2O. The zero-order valence-electron chi connectivity index (χ0n) is 9.29. The van der Waals surface area contributed by atoms with Crippen molar-refractivity contribution in [3.8, 4) is 0 Å². The van der Waals surface area contributed by atoms with Gasteiger partial charge in [-0.3, -0.25) is 0 Å². The molecule has 84 valence electrons. The quantitative estimate of drug-likeness (QED) is 0.777. The van der Waals surface area contributed by atoms with Crippen molar-refractivity contribution < 1.29 is 5.11 Å². The molecule has 1 unspecified atom stereocenters. The molecule has 4 heteroatoms. The van der Waals surface area contributed by atoms with Crippen LogP contribution in [0.15, 0.2) is 18.3 Å². The normalized spacial score (nSPS) is 13.9. The highest BCUT2D eigenvalue weighted by atomic mass is 35.5. The Kier molecular flexibility index (Phi) is 4.08. The highest BCUT2D eigenvalue weighted by molar-refractivity contribution is 6.29. The molecule has 0 aliphatic rings. The number of rotatable bonds is 4. The van der Waals surface area contributed by atoms with Crippen LogP contribution in [0.25, 0.3) is 0 Å².